The smallest absolute Gasteiger partial charge is 0.423 e. The average molecular weight is 605 g/mol. The van der Waals surface area contributed by atoms with Crippen LogP contribution in [0.5, 0.6) is 5.75 Å². The molecule has 2 aliphatic heterocycles. The standard InChI is InChI=1S/C27H30F6N4O3S/c28-26(29,30)19-3-5-20(6-4-19)35-16-14-34(15-17-35)11-1-2-25(41)36-12-9-21(10-13-36)40-22-7-8-24(37(38)39)23(18-22)27(31,32)33/h3-8,18,21H,1-2,9-17H2. The molecular weight excluding hydrogens is 574 g/mol. The zero-order valence-electron chi connectivity index (χ0n) is 22.1. The Morgan fingerprint density at radius 3 is 2.12 bits per heavy atom. The van der Waals surface area contributed by atoms with Gasteiger partial charge in [-0.15, -0.1) is 0 Å². The number of nitro groups is 1. The summed E-state index contributed by atoms with van der Waals surface area (Å²) < 4.78 is 83.8. The largest absolute Gasteiger partial charge is 0.490 e. The number of anilines is 1. The molecule has 0 atom stereocenters. The summed E-state index contributed by atoms with van der Waals surface area (Å²) in [4.78, 5) is 17.2. The number of piperidine rings is 1. The molecule has 0 bridgehead atoms. The first-order chi connectivity index (χ1) is 19.3. The number of hydrogen-bond donors (Lipinski definition) is 0. The number of nitrogens with zero attached hydrogens (tertiary/aromatic N) is 4. The minimum Gasteiger partial charge on any atom is -0.490 e. The van der Waals surface area contributed by atoms with Gasteiger partial charge in [-0.05, 0) is 55.8 Å². The molecule has 0 spiro atoms. The van der Waals surface area contributed by atoms with Crippen LogP contribution in [0, 0.1) is 10.1 Å². The van der Waals surface area contributed by atoms with E-state index in [9.17, 15) is 36.5 Å². The van der Waals surface area contributed by atoms with Crippen LogP contribution in [0.2, 0.25) is 0 Å². The number of ether oxygens (including phenoxy) is 1. The molecule has 0 aliphatic carbocycles. The predicted octanol–water partition coefficient (Wildman–Crippen LogP) is 6.41. The maximum absolute atomic E-state index is 13.2. The highest BCUT2D eigenvalue weighted by Crippen LogP contribution is 2.38. The van der Waals surface area contributed by atoms with Gasteiger partial charge in [-0.2, -0.15) is 26.3 Å². The highest BCUT2D eigenvalue weighted by Gasteiger charge is 2.39. The topological polar surface area (TPSA) is 62.1 Å². The van der Waals surface area contributed by atoms with Gasteiger partial charge in [0.15, 0.2) is 0 Å². The first-order valence-corrected chi connectivity index (χ1v) is 13.7. The third-order valence-electron chi connectivity index (χ3n) is 7.36. The Morgan fingerprint density at radius 1 is 0.927 bits per heavy atom. The Bertz CT molecular complexity index is 1210. The molecule has 0 unspecified atom stereocenters. The zero-order chi connectivity index (χ0) is 29.8. The molecule has 0 N–H and O–H groups in total. The average Bonchev–Trinajstić information content (AvgIpc) is 2.93. The number of likely N-dealkylation sites (tertiary alicyclic amines) is 1. The summed E-state index contributed by atoms with van der Waals surface area (Å²) in [6, 6.07) is 7.92. The lowest BCUT2D eigenvalue weighted by atomic mass is 10.1. The van der Waals surface area contributed by atoms with Crippen molar-refractivity contribution in [1.29, 1.82) is 0 Å². The van der Waals surface area contributed by atoms with Crippen LogP contribution >= 0.6 is 12.2 Å². The Balaban J connectivity index is 1.16. The lowest BCUT2D eigenvalue weighted by molar-refractivity contribution is -0.388. The maximum Gasteiger partial charge on any atom is 0.423 e. The molecule has 0 saturated carbocycles. The van der Waals surface area contributed by atoms with Crippen LogP contribution in [0.1, 0.15) is 36.8 Å². The molecule has 0 aromatic heterocycles. The van der Waals surface area contributed by atoms with Crippen molar-refractivity contribution in [2.24, 2.45) is 0 Å². The van der Waals surface area contributed by atoms with E-state index in [1.54, 1.807) is 0 Å². The van der Waals surface area contributed by atoms with E-state index < -0.39 is 34.1 Å². The molecule has 2 aromatic rings. The van der Waals surface area contributed by atoms with E-state index in [0.717, 1.165) is 74.4 Å². The van der Waals surface area contributed by atoms with E-state index in [0.29, 0.717) is 32.0 Å². The second-order valence-electron chi connectivity index (χ2n) is 10.1. The first kappa shape index (κ1) is 30.8. The molecule has 2 fully saturated rings. The van der Waals surface area contributed by atoms with Gasteiger partial charge in [-0.1, -0.05) is 12.2 Å². The normalized spacial score (nSPS) is 17.5. The van der Waals surface area contributed by atoms with Gasteiger partial charge in [-0.25, -0.2) is 0 Å². The van der Waals surface area contributed by atoms with Crippen LogP contribution in [-0.4, -0.2) is 71.6 Å². The van der Waals surface area contributed by atoms with Gasteiger partial charge in [0, 0.05) is 63.9 Å². The van der Waals surface area contributed by atoms with Crippen molar-refractivity contribution >= 4 is 28.6 Å². The molecule has 0 radical (unpaired) electrons. The zero-order valence-corrected chi connectivity index (χ0v) is 22.9. The van der Waals surface area contributed by atoms with Crippen LogP contribution in [0.25, 0.3) is 0 Å². The Hall–Kier alpha value is -3.13. The summed E-state index contributed by atoms with van der Waals surface area (Å²) in [5.74, 6) is -0.0534. The van der Waals surface area contributed by atoms with Gasteiger partial charge in [0.05, 0.1) is 15.5 Å². The summed E-state index contributed by atoms with van der Waals surface area (Å²) in [5.41, 5.74) is -2.22. The lowest BCUT2D eigenvalue weighted by Gasteiger charge is -2.36. The Morgan fingerprint density at radius 2 is 1.56 bits per heavy atom. The SMILES string of the molecule is O=[N+]([O-])c1ccc(OC2CCN(C(=S)CCCN3CCN(c4ccc(C(F)(F)F)cc4)CC3)CC2)cc1C(F)(F)F. The van der Waals surface area contributed by atoms with Crippen molar-refractivity contribution in [2.45, 2.75) is 44.1 Å². The molecule has 4 rings (SSSR count). The summed E-state index contributed by atoms with van der Waals surface area (Å²) in [6.45, 7) is 5.11. The highest BCUT2D eigenvalue weighted by molar-refractivity contribution is 7.80. The molecule has 41 heavy (non-hydrogen) atoms. The van der Waals surface area contributed by atoms with Gasteiger partial charge in [0.25, 0.3) is 5.69 Å². The van der Waals surface area contributed by atoms with E-state index in [1.165, 1.54) is 18.2 Å². The molecule has 0 amide bonds. The number of piperazine rings is 1. The molecule has 2 aromatic carbocycles. The summed E-state index contributed by atoms with van der Waals surface area (Å²) >= 11 is 5.61. The predicted molar refractivity (Wildman–Crippen MR) is 145 cm³/mol. The van der Waals surface area contributed by atoms with Crippen LogP contribution in [0.3, 0.4) is 0 Å². The molecule has 2 heterocycles. The number of nitro benzene ring substituents is 1. The second-order valence-corrected chi connectivity index (χ2v) is 10.6. The Labute approximate surface area is 238 Å². The van der Waals surface area contributed by atoms with E-state index in [1.807, 2.05) is 0 Å². The van der Waals surface area contributed by atoms with E-state index >= 15 is 0 Å². The van der Waals surface area contributed by atoms with Crippen LogP contribution in [-0.2, 0) is 12.4 Å². The van der Waals surface area contributed by atoms with Crippen molar-refractivity contribution in [1.82, 2.24) is 9.80 Å². The number of halogens is 6. The van der Waals surface area contributed by atoms with E-state index in [-0.39, 0.29) is 11.9 Å². The molecule has 14 heteroatoms. The third kappa shape index (κ3) is 8.22. The number of benzene rings is 2. The fourth-order valence-electron chi connectivity index (χ4n) is 5.09. The quantitative estimate of drug-likeness (QED) is 0.150. The van der Waals surface area contributed by atoms with Crippen LogP contribution < -0.4 is 9.64 Å². The van der Waals surface area contributed by atoms with E-state index in [2.05, 4.69) is 14.7 Å². The van der Waals surface area contributed by atoms with Gasteiger partial charge >= 0.3 is 12.4 Å². The fraction of sp³-hybridized carbons (Fsp3) is 0.519. The summed E-state index contributed by atoms with van der Waals surface area (Å²) in [5, 5.41) is 10.9. The number of alkyl halides is 6. The van der Waals surface area contributed by atoms with Crippen LogP contribution in [0.15, 0.2) is 42.5 Å². The van der Waals surface area contributed by atoms with Crippen LogP contribution in [0.4, 0.5) is 37.7 Å². The number of hydrogen-bond acceptors (Lipinski definition) is 6. The lowest BCUT2D eigenvalue weighted by Crippen LogP contribution is -2.47. The number of rotatable bonds is 8. The van der Waals surface area contributed by atoms with Gasteiger partial charge in [0.2, 0.25) is 0 Å². The molecule has 2 aliphatic rings. The molecule has 2 saturated heterocycles. The van der Waals surface area contributed by atoms with Gasteiger partial charge < -0.3 is 14.5 Å². The molecule has 224 valence electrons. The molecule has 7 nitrogen and oxygen atoms in total. The second kappa shape index (κ2) is 12.8. The van der Waals surface area contributed by atoms with Crippen molar-refractivity contribution in [2.75, 3.05) is 50.7 Å². The van der Waals surface area contributed by atoms with Crippen molar-refractivity contribution < 1.29 is 36.0 Å². The van der Waals surface area contributed by atoms with E-state index in [4.69, 9.17) is 17.0 Å². The van der Waals surface area contributed by atoms with Gasteiger partial charge in [0.1, 0.15) is 17.4 Å². The monoisotopic (exact) mass is 604 g/mol. The molecular formula is C27H30F6N4O3S. The Kier molecular flexibility index (Phi) is 9.62. The van der Waals surface area contributed by atoms with Gasteiger partial charge in [-0.3, -0.25) is 15.0 Å². The first-order valence-electron chi connectivity index (χ1n) is 13.3. The highest BCUT2D eigenvalue weighted by atomic mass is 32.1. The summed E-state index contributed by atoms with van der Waals surface area (Å²) in [6.07, 6.45) is -6.83. The fourth-order valence-corrected chi connectivity index (χ4v) is 5.42. The number of thiocarbonyl (C=S) groups is 1. The minimum absolute atomic E-state index is 0.0534. The van der Waals surface area contributed by atoms with Crippen molar-refractivity contribution in [3.63, 3.8) is 0 Å². The third-order valence-corrected chi connectivity index (χ3v) is 7.83. The van der Waals surface area contributed by atoms with Crippen molar-refractivity contribution in [3.05, 3.63) is 63.7 Å². The minimum atomic E-state index is -4.86. The van der Waals surface area contributed by atoms with Crippen molar-refractivity contribution in [3.8, 4) is 5.75 Å². The maximum atomic E-state index is 13.2. The summed E-state index contributed by atoms with van der Waals surface area (Å²) in [7, 11) is 0.